The summed E-state index contributed by atoms with van der Waals surface area (Å²) in [6, 6.07) is 14.6. The van der Waals surface area contributed by atoms with Gasteiger partial charge in [0.15, 0.2) is 0 Å². The van der Waals surface area contributed by atoms with E-state index in [0.29, 0.717) is 5.88 Å². The lowest BCUT2D eigenvalue weighted by atomic mass is 10.1. The maximum atomic E-state index is 6.05. The third kappa shape index (κ3) is 2.60. The summed E-state index contributed by atoms with van der Waals surface area (Å²) < 4.78 is 3.23. The molecule has 20 heavy (non-hydrogen) atoms. The Balaban J connectivity index is 2.11. The molecule has 0 saturated carbocycles. The Kier molecular flexibility index (Phi) is 3.81. The molecule has 0 spiro atoms. The third-order valence-corrected chi connectivity index (χ3v) is 4.06. The van der Waals surface area contributed by atoms with Gasteiger partial charge in [0.2, 0.25) is 0 Å². The van der Waals surface area contributed by atoms with Gasteiger partial charge in [-0.15, -0.1) is 11.6 Å². The maximum absolute atomic E-state index is 6.05. The van der Waals surface area contributed by atoms with Gasteiger partial charge in [-0.05, 0) is 30.7 Å². The van der Waals surface area contributed by atoms with Crippen molar-refractivity contribution in [1.82, 2.24) is 9.55 Å². The monoisotopic (exact) mass is 348 g/mol. The zero-order valence-corrected chi connectivity index (χ0v) is 13.4. The minimum Gasteiger partial charge on any atom is -0.322 e. The lowest BCUT2D eigenvalue weighted by Crippen LogP contribution is -2.04. The summed E-state index contributed by atoms with van der Waals surface area (Å²) in [5, 5.41) is 0. The number of aryl methyl sites for hydroxylation is 1. The molecule has 0 N–H and O–H groups in total. The fourth-order valence-electron chi connectivity index (χ4n) is 2.42. The smallest absolute Gasteiger partial charge is 0.125 e. The molecule has 0 amide bonds. The van der Waals surface area contributed by atoms with Crippen LogP contribution in [0.3, 0.4) is 0 Å². The number of imidazole rings is 1. The zero-order chi connectivity index (χ0) is 14.1. The van der Waals surface area contributed by atoms with Crippen molar-refractivity contribution >= 4 is 38.6 Å². The average molecular weight is 350 g/mol. The molecule has 2 nitrogen and oxygen atoms in total. The van der Waals surface area contributed by atoms with Gasteiger partial charge in [-0.1, -0.05) is 45.8 Å². The Labute approximate surface area is 131 Å². The highest BCUT2D eigenvalue weighted by molar-refractivity contribution is 9.10. The first-order chi connectivity index (χ1) is 9.67. The molecule has 3 rings (SSSR count). The van der Waals surface area contributed by atoms with Crippen LogP contribution in [0.5, 0.6) is 0 Å². The van der Waals surface area contributed by atoms with Crippen molar-refractivity contribution in [3.05, 3.63) is 63.9 Å². The van der Waals surface area contributed by atoms with E-state index in [4.69, 9.17) is 11.6 Å². The molecule has 0 aliphatic rings. The topological polar surface area (TPSA) is 17.8 Å². The predicted octanol–water partition coefficient (Wildman–Crippen LogP) is 4.89. The molecule has 0 fully saturated rings. The molecular weight excluding hydrogens is 336 g/mol. The summed E-state index contributed by atoms with van der Waals surface area (Å²) in [6.07, 6.45) is 0. The number of alkyl halides is 1. The number of fused-ring (bicyclic) bond motifs is 1. The van der Waals surface area contributed by atoms with Gasteiger partial charge in [0.25, 0.3) is 0 Å². The van der Waals surface area contributed by atoms with Crippen LogP contribution in [0.2, 0.25) is 0 Å². The van der Waals surface area contributed by atoms with E-state index < -0.39 is 0 Å². The summed E-state index contributed by atoms with van der Waals surface area (Å²) >= 11 is 9.57. The van der Waals surface area contributed by atoms with Gasteiger partial charge in [-0.3, -0.25) is 0 Å². The zero-order valence-electron chi connectivity index (χ0n) is 11.1. The van der Waals surface area contributed by atoms with Crippen LogP contribution in [0.1, 0.15) is 17.0 Å². The van der Waals surface area contributed by atoms with Crippen molar-refractivity contribution in [3.8, 4) is 0 Å². The summed E-state index contributed by atoms with van der Waals surface area (Å²) in [5.74, 6) is 1.32. The van der Waals surface area contributed by atoms with Crippen LogP contribution >= 0.6 is 27.5 Å². The first-order valence-corrected chi connectivity index (χ1v) is 7.76. The summed E-state index contributed by atoms with van der Waals surface area (Å²) in [6.45, 7) is 2.89. The van der Waals surface area contributed by atoms with E-state index in [2.05, 4.69) is 62.7 Å². The molecule has 0 atom stereocenters. The van der Waals surface area contributed by atoms with Gasteiger partial charge in [0.05, 0.1) is 16.9 Å². The van der Waals surface area contributed by atoms with Crippen LogP contribution in [0.4, 0.5) is 0 Å². The van der Waals surface area contributed by atoms with Crippen molar-refractivity contribution in [3.63, 3.8) is 0 Å². The summed E-state index contributed by atoms with van der Waals surface area (Å²) in [5.41, 5.74) is 4.62. The Morgan fingerprint density at radius 1 is 1.20 bits per heavy atom. The Morgan fingerprint density at radius 2 is 2.05 bits per heavy atom. The number of hydrogen-bond acceptors (Lipinski definition) is 1. The molecular formula is C16H14BrClN2. The van der Waals surface area contributed by atoms with E-state index in [1.165, 1.54) is 11.1 Å². The number of nitrogens with zero attached hydrogens (tertiary/aromatic N) is 2. The largest absolute Gasteiger partial charge is 0.322 e. The molecule has 2 aromatic carbocycles. The molecule has 1 aromatic heterocycles. The highest BCUT2D eigenvalue weighted by atomic mass is 79.9. The van der Waals surface area contributed by atoms with Crippen LogP contribution in [0.15, 0.2) is 46.9 Å². The minimum atomic E-state index is 0.415. The second-order valence-corrected chi connectivity index (χ2v) is 6.05. The first kappa shape index (κ1) is 13.7. The first-order valence-electron chi connectivity index (χ1n) is 6.43. The lowest BCUT2D eigenvalue weighted by Gasteiger charge is -2.09. The van der Waals surface area contributed by atoms with Gasteiger partial charge >= 0.3 is 0 Å². The minimum absolute atomic E-state index is 0.415. The number of hydrogen-bond donors (Lipinski definition) is 0. The van der Waals surface area contributed by atoms with Crippen molar-refractivity contribution in [1.29, 1.82) is 0 Å². The molecule has 1 heterocycles. The lowest BCUT2D eigenvalue weighted by molar-refractivity contribution is 0.778. The van der Waals surface area contributed by atoms with Crippen molar-refractivity contribution < 1.29 is 0 Å². The molecule has 0 unspecified atom stereocenters. The van der Waals surface area contributed by atoms with Crippen LogP contribution < -0.4 is 0 Å². The Bertz CT molecular complexity index is 764. The van der Waals surface area contributed by atoms with Crippen LogP contribution in [-0.4, -0.2) is 9.55 Å². The SMILES string of the molecule is Cc1cccc(Cn2c(CCl)nc3ccc(Br)cc32)c1. The molecule has 3 aromatic rings. The van der Waals surface area contributed by atoms with Gasteiger partial charge in [0.1, 0.15) is 5.82 Å². The fraction of sp³-hybridized carbons (Fsp3) is 0.188. The summed E-state index contributed by atoms with van der Waals surface area (Å²) in [4.78, 5) is 4.60. The molecule has 102 valence electrons. The predicted molar refractivity (Wildman–Crippen MR) is 87.3 cm³/mol. The van der Waals surface area contributed by atoms with Crippen molar-refractivity contribution in [2.75, 3.05) is 0 Å². The molecule has 0 radical (unpaired) electrons. The Morgan fingerprint density at radius 3 is 2.80 bits per heavy atom. The number of rotatable bonds is 3. The summed E-state index contributed by atoms with van der Waals surface area (Å²) in [7, 11) is 0. The van der Waals surface area contributed by atoms with E-state index >= 15 is 0 Å². The van der Waals surface area contributed by atoms with Gasteiger partial charge < -0.3 is 4.57 Å². The Hall–Kier alpha value is -1.32. The molecule has 0 saturated heterocycles. The average Bonchev–Trinajstić information content (AvgIpc) is 2.76. The third-order valence-electron chi connectivity index (χ3n) is 3.33. The van der Waals surface area contributed by atoms with Crippen LogP contribution in [0.25, 0.3) is 11.0 Å². The van der Waals surface area contributed by atoms with Crippen LogP contribution in [0, 0.1) is 6.92 Å². The van der Waals surface area contributed by atoms with E-state index in [1.54, 1.807) is 0 Å². The molecule has 0 bridgehead atoms. The standard InChI is InChI=1S/C16H14BrClN2/c1-11-3-2-4-12(7-11)10-20-15-8-13(17)5-6-14(15)19-16(20)9-18/h2-8H,9-10H2,1H3. The van der Waals surface area contributed by atoms with E-state index in [-0.39, 0.29) is 0 Å². The number of halogens is 2. The second kappa shape index (κ2) is 5.58. The number of benzene rings is 2. The van der Waals surface area contributed by atoms with E-state index in [1.807, 2.05) is 12.1 Å². The maximum Gasteiger partial charge on any atom is 0.125 e. The highest BCUT2D eigenvalue weighted by Gasteiger charge is 2.10. The van der Waals surface area contributed by atoms with Gasteiger partial charge in [0, 0.05) is 11.0 Å². The van der Waals surface area contributed by atoms with Gasteiger partial charge in [-0.25, -0.2) is 4.98 Å². The molecule has 0 aliphatic heterocycles. The van der Waals surface area contributed by atoms with Crippen LogP contribution in [-0.2, 0) is 12.4 Å². The fourth-order valence-corrected chi connectivity index (χ4v) is 2.97. The number of aromatic nitrogens is 2. The van der Waals surface area contributed by atoms with Crippen molar-refractivity contribution in [2.24, 2.45) is 0 Å². The molecule has 4 heteroatoms. The van der Waals surface area contributed by atoms with E-state index in [0.717, 1.165) is 27.9 Å². The quantitative estimate of drug-likeness (QED) is 0.615. The highest BCUT2D eigenvalue weighted by Crippen LogP contribution is 2.23. The molecule has 0 aliphatic carbocycles. The van der Waals surface area contributed by atoms with Gasteiger partial charge in [-0.2, -0.15) is 0 Å². The van der Waals surface area contributed by atoms with E-state index in [9.17, 15) is 0 Å². The normalized spacial score (nSPS) is 11.2. The second-order valence-electron chi connectivity index (χ2n) is 4.87. The van der Waals surface area contributed by atoms with Crippen molar-refractivity contribution in [2.45, 2.75) is 19.3 Å².